The zero-order chi connectivity index (χ0) is 14.6. The van der Waals surface area contributed by atoms with Gasteiger partial charge in [0, 0.05) is 19.8 Å². The minimum Gasteiger partial charge on any atom is -0.355 e. The van der Waals surface area contributed by atoms with Crippen LogP contribution in [0.1, 0.15) is 25.0 Å². The third-order valence-corrected chi connectivity index (χ3v) is 3.52. The van der Waals surface area contributed by atoms with Crippen LogP contribution in [0, 0.1) is 0 Å². The van der Waals surface area contributed by atoms with Crippen LogP contribution in [-0.2, 0) is 23.7 Å². The van der Waals surface area contributed by atoms with E-state index >= 15 is 0 Å². The molecule has 0 aliphatic heterocycles. The number of hydrogen-bond acceptors (Lipinski definition) is 2. The largest absolute Gasteiger partial charge is 0.355 e. The molecule has 1 aromatic heterocycles. The lowest BCUT2D eigenvalue weighted by molar-refractivity contribution is -0.125. The van der Waals surface area contributed by atoms with Crippen molar-refractivity contribution in [3.05, 3.63) is 53.9 Å². The predicted molar refractivity (Wildman–Crippen MR) is 79.4 cm³/mol. The van der Waals surface area contributed by atoms with Crippen LogP contribution >= 0.6 is 0 Å². The minimum absolute atomic E-state index is 0.0487. The van der Waals surface area contributed by atoms with E-state index in [0.717, 1.165) is 17.5 Å². The molecule has 1 aromatic carbocycles. The summed E-state index contributed by atoms with van der Waals surface area (Å²) in [6.45, 7) is 4.52. The van der Waals surface area contributed by atoms with Crippen molar-refractivity contribution >= 4 is 5.91 Å². The van der Waals surface area contributed by atoms with E-state index in [1.807, 2.05) is 63.6 Å². The van der Waals surface area contributed by atoms with Crippen LogP contribution in [-0.4, -0.2) is 22.2 Å². The summed E-state index contributed by atoms with van der Waals surface area (Å²) >= 11 is 0. The molecule has 2 aromatic rings. The van der Waals surface area contributed by atoms with E-state index in [2.05, 4.69) is 10.4 Å². The van der Waals surface area contributed by atoms with Gasteiger partial charge in [0.1, 0.15) is 0 Å². The van der Waals surface area contributed by atoms with Gasteiger partial charge in [-0.3, -0.25) is 9.48 Å². The van der Waals surface area contributed by atoms with Gasteiger partial charge in [-0.1, -0.05) is 30.3 Å². The van der Waals surface area contributed by atoms with Crippen LogP contribution in [0.3, 0.4) is 0 Å². The molecular weight excluding hydrogens is 250 g/mol. The molecule has 0 aliphatic carbocycles. The van der Waals surface area contributed by atoms with Gasteiger partial charge in [0.05, 0.1) is 11.6 Å². The molecule has 1 heterocycles. The summed E-state index contributed by atoms with van der Waals surface area (Å²) in [5.41, 5.74) is 1.64. The summed E-state index contributed by atoms with van der Waals surface area (Å²) in [4.78, 5) is 12.3. The molecule has 0 spiro atoms. The minimum atomic E-state index is -0.518. The van der Waals surface area contributed by atoms with Crippen molar-refractivity contribution < 1.29 is 4.79 Å². The highest BCUT2D eigenvalue weighted by Crippen LogP contribution is 2.22. The lowest BCUT2D eigenvalue weighted by atomic mass is 9.84. The van der Waals surface area contributed by atoms with Crippen LogP contribution in [0.15, 0.2) is 42.7 Å². The molecule has 1 amide bonds. The average molecular weight is 271 g/mol. The molecular formula is C16H21N3O. The molecule has 4 nitrogen and oxygen atoms in total. The Morgan fingerprint density at radius 3 is 2.60 bits per heavy atom. The van der Waals surface area contributed by atoms with Crippen LogP contribution in [0.25, 0.3) is 0 Å². The summed E-state index contributed by atoms with van der Waals surface area (Å²) in [6, 6.07) is 9.85. The highest BCUT2D eigenvalue weighted by Gasteiger charge is 2.28. The van der Waals surface area contributed by atoms with Crippen molar-refractivity contribution in [3.63, 3.8) is 0 Å². The predicted octanol–water partition coefficient (Wildman–Crippen LogP) is 2.06. The first kappa shape index (κ1) is 14.3. The fourth-order valence-electron chi connectivity index (χ4n) is 2.13. The van der Waals surface area contributed by atoms with E-state index in [1.165, 1.54) is 0 Å². The Morgan fingerprint density at radius 2 is 2.00 bits per heavy atom. The second kappa shape index (κ2) is 5.90. The van der Waals surface area contributed by atoms with Gasteiger partial charge >= 0.3 is 0 Å². The first-order valence-corrected chi connectivity index (χ1v) is 6.81. The maximum atomic E-state index is 12.3. The molecule has 1 N–H and O–H groups in total. The normalized spacial score (nSPS) is 11.3. The maximum Gasteiger partial charge on any atom is 0.230 e. The Hall–Kier alpha value is -2.10. The molecule has 2 rings (SSSR count). The summed E-state index contributed by atoms with van der Waals surface area (Å²) < 4.78 is 1.77. The highest BCUT2D eigenvalue weighted by molar-refractivity contribution is 5.87. The smallest absolute Gasteiger partial charge is 0.230 e. The van der Waals surface area contributed by atoms with Crippen molar-refractivity contribution in [1.82, 2.24) is 15.1 Å². The zero-order valence-electron chi connectivity index (χ0n) is 12.3. The van der Waals surface area contributed by atoms with Gasteiger partial charge in [-0.15, -0.1) is 0 Å². The van der Waals surface area contributed by atoms with E-state index in [4.69, 9.17) is 0 Å². The molecule has 106 valence electrons. The highest BCUT2D eigenvalue weighted by atomic mass is 16.2. The molecule has 0 atom stereocenters. The second-order valence-corrected chi connectivity index (χ2v) is 5.52. The number of nitrogens with one attached hydrogen (secondary N) is 1. The Balaban J connectivity index is 1.91. The second-order valence-electron chi connectivity index (χ2n) is 5.52. The van der Waals surface area contributed by atoms with Crippen LogP contribution < -0.4 is 5.32 Å². The number of carbonyl (C=O) groups is 1. The van der Waals surface area contributed by atoms with E-state index in [0.29, 0.717) is 6.54 Å². The Kier molecular flexibility index (Phi) is 4.23. The monoisotopic (exact) mass is 271 g/mol. The molecule has 0 aliphatic rings. The first-order valence-electron chi connectivity index (χ1n) is 6.81. The first-order chi connectivity index (χ1) is 9.50. The Morgan fingerprint density at radius 1 is 1.30 bits per heavy atom. The van der Waals surface area contributed by atoms with Crippen molar-refractivity contribution in [2.24, 2.45) is 7.05 Å². The maximum absolute atomic E-state index is 12.3. The Bertz CT molecular complexity index is 572. The van der Waals surface area contributed by atoms with Crippen molar-refractivity contribution in [1.29, 1.82) is 0 Å². The fraction of sp³-hybridized carbons (Fsp3) is 0.375. The lowest BCUT2D eigenvalue weighted by Crippen LogP contribution is -2.40. The standard InChI is InChI=1S/C16H21N3O/c1-16(2,14-7-5-4-6-8-14)15(20)17-10-9-13-11-18-19(3)12-13/h4-8,11-12H,9-10H2,1-3H3,(H,17,20). The molecule has 0 fully saturated rings. The summed E-state index contributed by atoms with van der Waals surface area (Å²) in [5.74, 6) is 0.0487. The summed E-state index contributed by atoms with van der Waals surface area (Å²) in [7, 11) is 1.89. The fourth-order valence-corrected chi connectivity index (χ4v) is 2.13. The zero-order valence-corrected chi connectivity index (χ0v) is 12.3. The van der Waals surface area contributed by atoms with Gasteiger partial charge < -0.3 is 5.32 Å². The number of amides is 1. The number of hydrogen-bond donors (Lipinski definition) is 1. The van der Waals surface area contributed by atoms with Crippen LogP contribution in [0.4, 0.5) is 0 Å². The van der Waals surface area contributed by atoms with Gasteiger partial charge in [-0.25, -0.2) is 0 Å². The number of nitrogens with zero attached hydrogens (tertiary/aromatic N) is 2. The third-order valence-electron chi connectivity index (χ3n) is 3.52. The van der Waals surface area contributed by atoms with Gasteiger partial charge in [-0.2, -0.15) is 5.10 Å². The van der Waals surface area contributed by atoms with Gasteiger partial charge in [0.25, 0.3) is 0 Å². The number of aryl methyl sites for hydroxylation is 1. The molecule has 20 heavy (non-hydrogen) atoms. The molecule has 0 radical (unpaired) electrons. The molecule has 0 unspecified atom stereocenters. The Labute approximate surface area is 119 Å². The van der Waals surface area contributed by atoms with Crippen molar-refractivity contribution in [2.45, 2.75) is 25.7 Å². The summed E-state index contributed by atoms with van der Waals surface area (Å²) in [6.07, 6.45) is 4.59. The molecule has 0 saturated carbocycles. The molecule has 0 saturated heterocycles. The van der Waals surface area contributed by atoms with Crippen LogP contribution in [0.2, 0.25) is 0 Å². The quantitative estimate of drug-likeness (QED) is 0.904. The van der Waals surface area contributed by atoms with Gasteiger partial charge in [-0.05, 0) is 31.4 Å². The van der Waals surface area contributed by atoms with E-state index in [-0.39, 0.29) is 5.91 Å². The molecule has 0 bridgehead atoms. The van der Waals surface area contributed by atoms with E-state index < -0.39 is 5.41 Å². The lowest BCUT2D eigenvalue weighted by Gasteiger charge is -2.24. The SMILES string of the molecule is Cn1cc(CCNC(=O)C(C)(C)c2ccccc2)cn1. The average Bonchev–Trinajstić information content (AvgIpc) is 2.85. The third kappa shape index (κ3) is 3.26. The van der Waals surface area contributed by atoms with E-state index in [9.17, 15) is 4.79 Å². The number of carbonyl (C=O) groups excluding carboxylic acids is 1. The van der Waals surface area contributed by atoms with E-state index in [1.54, 1.807) is 4.68 Å². The molecule has 4 heteroatoms. The number of benzene rings is 1. The number of aromatic nitrogens is 2. The van der Waals surface area contributed by atoms with Crippen molar-refractivity contribution in [2.75, 3.05) is 6.54 Å². The van der Waals surface area contributed by atoms with Gasteiger partial charge in [0.15, 0.2) is 0 Å². The summed E-state index contributed by atoms with van der Waals surface area (Å²) in [5, 5.41) is 7.12. The van der Waals surface area contributed by atoms with Gasteiger partial charge in [0.2, 0.25) is 5.91 Å². The number of rotatable bonds is 5. The van der Waals surface area contributed by atoms with Crippen LogP contribution in [0.5, 0.6) is 0 Å². The topological polar surface area (TPSA) is 46.9 Å². The van der Waals surface area contributed by atoms with Crippen molar-refractivity contribution in [3.8, 4) is 0 Å².